The third-order valence-corrected chi connectivity index (χ3v) is 6.33. The number of fused-ring (bicyclic) bond motifs is 1. The molecule has 3 aromatic carbocycles. The number of methoxy groups -OCH3 is 1. The Morgan fingerprint density at radius 2 is 1.74 bits per heavy atom. The highest BCUT2D eigenvalue weighted by atomic mass is 79.9. The number of hydrogen-bond donors (Lipinski definition) is 1. The predicted molar refractivity (Wildman–Crippen MR) is 138 cm³/mol. The van der Waals surface area contributed by atoms with Crippen molar-refractivity contribution in [2.75, 3.05) is 13.7 Å². The summed E-state index contributed by atoms with van der Waals surface area (Å²) in [5.74, 6) is 0.875. The molecular formula is C27H31BrN2O4. The molecule has 34 heavy (non-hydrogen) atoms. The van der Waals surface area contributed by atoms with Gasteiger partial charge in [-0.1, -0.05) is 49.4 Å². The summed E-state index contributed by atoms with van der Waals surface area (Å²) in [5.41, 5.74) is 0.900. The number of ether oxygens (including phenoxy) is 2. The molecule has 0 heterocycles. The average Bonchev–Trinajstić information content (AvgIpc) is 2.83. The van der Waals surface area contributed by atoms with Crippen LogP contribution in [0.2, 0.25) is 0 Å². The molecule has 0 aromatic heterocycles. The summed E-state index contributed by atoms with van der Waals surface area (Å²) in [6.45, 7) is 5.81. The van der Waals surface area contributed by atoms with Crippen LogP contribution in [-0.4, -0.2) is 42.5 Å². The fourth-order valence-corrected chi connectivity index (χ4v) is 4.38. The van der Waals surface area contributed by atoms with Crippen LogP contribution in [0.5, 0.6) is 11.5 Å². The van der Waals surface area contributed by atoms with E-state index in [4.69, 9.17) is 9.47 Å². The van der Waals surface area contributed by atoms with E-state index in [1.54, 1.807) is 12.0 Å². The van der Waals surface area contributed by atoms with Crippen molar-refractivity contribution in [3.05, 3.63) is 70.7 Å². The normalized spacial score (nSPS) is 11.8. The maximum absolute atomic E-state index is 13.4. The monoisotopic (exact) mass is 526 g/mol. The minimum atomic E-state index is -0.611. The molecule has 0 aliphatic carbocycles. The van der Waals surface area contributed by atoms with Crippen molar-refractivity contribution in [2.24, 2.45) is 0 Å². The molecule has 0 spiro atoms. The van der Waals surface area contributed by atoms with Gasteiger partial charge in [0, 0.05) is 12.6 Å². The summed E-state index contributed by atoms with van der Waals surface area (Å²) in [6, 6.07) is 18.6. The smallest absolute Gasteiger partial charge is 0.261 e. The minimum absolute atomic E-state index is 0.0238. The molecule has 3 aromatic rings. The molecule has 6 nitrogen and oxygen atoms in total. The van der Waals surface area contributed by atoms with Crippen LogP contribution >= 0.6 is 15.9 Å². The van der Waals surface area contributed by atoms with Crippen LogP contribution in [-0.2, 0) is 16.1 Å². The van der Waals surface area contributed by atoms with Gasteiger partial charge in [0.25, 0.3) is 5.91 Å². The van der Waals surface area contributed by atoms with Gasteiger partial charge in [-0.05, 0) is 70.7 Å². The molecule has 0 radical (unpaired) electrons. The summed E-state index contributed by atoms with van der Waals surface area (Å²) >= 11 is 3.60. The standard InChI is InChI=1S/C27H31BrN2O4/c1-5-23(27(32)29-18(2)3)30(16-19-10-13-21(33-4)14-11-19)25(31)17-34-24-15-12-20-8-6-7-9-22(20)26(24)28/h6-15,18,23H,5,16-17H2,1-4H3,(H,29,32)/t23-/m0/s1. The number of amides is 2. The number of nitrogens with one attached hydrogen (secondary N) is 1. The first-order valence-electron chi connectivity index (χ1n) is 11.4. The largest absolute Gasteiger partial charge is 0.497 e. The first-order chi connectivity index (χ1) is 16.3. The van der Waals surface area contributed by atoms with Crippen molar-refractivity contribution in [2.45, 2.75) is 45.8 Å². The lowest BCUT2D eigenvalue weighted by atomic mass is 10.1. The van der Waals surface area contributed by atoms with E-state index in [9.17, 15) is 9.59 Å². The third-order valence-electron chi connectivity index (χ3n) is 5.51. The zero-order chi connectivity index (χ0) is 24.7. The zero-order valence-electron chi connectivity index (χ0n) is 20.0. The van der Waals surface area contributed by atoms with Gasteiger partial charge in [-0.3, -0.25) is 9.59 Å². The number of benzene rings is 3. The molecule has 0 unspecified atom stereocenters. The van der Waals surface area contributed by atoms with E-state index in [-0.39, 0.29) is 31.0 Å². The van der Waals surface area contributed by atoms with Gasteiger partial charge in [-0.25, -0.2) is 0 Å². The molecule has 1 N–H and O–H groups in total. The van der Waals surface area contributed by atoms with E-state index in [1.807, 2.05) is 81.4 Å². The van der Waals surface area contributed by atoms with Gasteiger partial charge < -0.3 is 19.7 Å². The number of halogens is 1. The van der Waals surface area contributed by atoms with E-state index >= 15 is 0 Å². The van der Waals surface area contributed by atoms with Crippen LogP contribution in [0, 0.1) is 0 Å². The van der Waals surface area contributed by atoms with E-state index in [0.29, 0.717) is 12.2 Å². The Balaban J connectivity index is 1.82. The van der Waals surface area contributed by atoms with Gasteiger partial charge in [-0.15, -0.1) is 0 Å². The van der Waals surface area contributed by atoms with E-state index in [2.05, 4.69) is 21.2 Å². The first-order valence-corrected chi connectivity index (χ1v) is 12.2. The molecule has 0 saturated heterocycles. The summed E-state index contributed by atoms with van der Waals surface area (Å²) in [7, 11) is 1.61. The number of hydrogen-bond acceptors (Lipinski definition) is 4. The van der Waals surface area contributed by atoms with Crippen molar-refractivity contribution in [3.63, 3.8) is 0 Å². The molecule has 180 valence electrons. The minimum Gasteiger partial charge on any atom is -0.497 e. The number of rotatable bonds is 10. The second-order valence-electron chi connectivity index (χ2n) is 8.34. The van der Waals surface area contributed by atoms with Gasteiger partial charge in [0.1, 0.15) is 17.5 Å². The average molecular weight is 527 g/mol. The maximum Gasteiger partial charge on any atom is 0.261 e. The molecule has 7 heteroatoms. The van der Waals surface area contributed by atoms with Gasteiger partial charge in [0.2, 0.25) is 5.91 Å². The topological polar surface area (TPSA) is 67.9 Å². The molecule has 2 amide bonds. The number of carbonyl (C=O) groups excluding carboxylic acids is 2. The molecule has 0 saturated carbocycles. The highest BCUT2D eigenvalue weighted by Gasteiger charge is 2.29. The Morgan fingerprint density at radius 1 is 1.03 bits per heavy atom. The van der Waals surface area contributed by atoms with Crippen molar-refractivity contribution in [1.82, 2.24) is 10.2 Å². The number of carbonyl (C=O) groups is 2. The lowest BCUT2D eigenvalue weighted by molar-refractivity contribution is -0.143. The quantitative estimate of drug-likeness (QED) is 0.388. The van der Waals surface area contributed by atoms with Crippen LogP contribution in [0.15, 0.2) is 65.1 Å². The van der Waals surface area contributed by atoms with Crippen LogP contribution in [0.25, 0.3) is 10.8 Å². The van der Waals surface area contributed by atoms with Crippen LogP contribution in [0.3, 0.4) is 0 Å². The Kier molecular flexibility index (Phi) is 8.93. The van der Waals surface area contributed by atoms with Crippen LogP contribution in [0.1, 0.15) is 32.8 Å². The van der Waals surface area contributed by atoms with Crippen LogP contribution in [0.4, 0.5) is 0 Å². The van der Waals surface area contributed by atoms with Crippen molar-refractivity contribution in [3.8, 4) is 11.5 Å². The van der Waals surface area contributed by atoms with E-state index in [1.165, 1.54) is 0 Å². The fourth-order valence-electron chi connectivity index (χ4n) is 3.78. The summed E-state index contributed by atoms with van der Waals surface area (Å²) in [4.78, 5) is 27.9. The second-order valence-corrected chi connectivity index (χ2v) is 9.14. The Bertz CT molecular complexity index is 1130. The highest BCUT2D eigenvalue weighted by Crippen LogP contribution is 2.33. The molecular weight excluding hydrogens is 496 g/mol. The van der Waals surface area contributed by atoms with Crippen molar-refractivity contribution < 1.29 is 19.1 Å². The summed E-state index contributed by atoms with van der Waals surface area (Å²) in [5, 5.41) is 5.01. The Morgan fingerprint density at radius 3 is 2.38 bits per heavy atom. The Labute approximate surface area is 209 Å². The zero-order valence-corrected chi connectivity index (χ0v) is 21.6. The SMILES string of the molecule is CC[C@@H](C(=O)NC(C)C)N(Cc1ccc(OC)cc1)C(=O)COc1ccc2ccccc2c1Br. The molecule has 0 aliphatic heterocycles. The highest BCUT2D eigenvalue weighted by molar-refractivity contribution is 9.10. The van der Waals surface area contributed by atoms with Crippen LogP contribution < -0.4 is 14.8 Å². The van der Waals surface area contributed by atoms with Crippen molar-refractivity contribution >= 4 is 38.5 Å². The van der Waals surface area contributed by atoms with Gasteiger partial charge >= 0.3 is 0 Å². The predicted octanol–water partition coefficient (Wildman–Crippen LogP) is 5.32. The summed E-state index contributed by atoms with van der Waals surface area (Å²) < 4.78 is 12.0. The molecule has 0 bridgehead atoms. The lowest BCUT2D eigenvalue weighted by Gasteiger charge is -2.31. The molecule has 0 fully saturated rings. The molecule has 3 rings (SSSR count). The maximum atomic E-state index is 13.4. The van der Waals surface area contributed by atoms with Gasteiger partial charge in [-0.2, -0.15) is 0 Å². The van der Waals surface area contributed by atoms with E-state index in [0.717, 1.165) is 26.6 Å². The fraction of sp³-hybridized carbons (Fsp3) is 0.333. The van der Waals surface area contributed by atoms with Crippen molar-refractivity contribution in [1.29, 1.82) is 0 Å². The first kappa shape index (κ1) is 25.6. The molecule has 1 atom stereocenters. The summed E-state index contributed by atoms with van der Waals surface area (Å²) in [6.07, 6.45) is 0.486. The van der Waals surface area contributed by atoms with Gasteiger partial charge in [0.05, 0.1) is 11.6 Å². The molecule has 0 aliphatic rings. The van der Waals surface area contributed by atoms with E-state index < -0.39 is 6.04 Å². The third kappa shape index (κ3) is 6.29. The Hall–Kier alpha value is -3.06. The lowest BCUT2D eigenvalue weighted by Crippen LogP contribution is -2.51. The number of nitrogens with zero attached hydrogens (tertiary/aromatic N) is 1. The van der Waals surface area contributed by atoms with Gasteiger partial charge in [0.15, 0.2) is 6.61 Å². The second kappa shape index (κ2) is 11.9.